The fourth-order valence-corrected chi connectivity index (χ4v) is 3.41. The average molecular weight is 388 g/mol. The van der Waals surface area contributed by atoms with E-state index >= 15 is 0 Å². The number of aryl methyl sites for hydroxylation is 1. The number of aromatic hydroxyl groups is 1. The second kappa shape index (κ2) is 9.81. The molecule has 4 nitrogen and oxygen atoms in total. The van der Waals surface area contributed by atoms with Crippen molar-refractivity contribution in [3.05, 3.63) is 59.7 Å². The van der Waals surface area contributed by atoms with E-state index in [1.54, 1.807) is 12.1 Å². The monoisotopic (exact) mass is 387 g/mol. The Morgan fingerprint density at radius 3 is 2.56 bits per heavy atom. The molecule has 0 saturated carbocycles. The van der Waals surface area contributed by atoms with Crippen molar-refractivity contribution in [2.75, 3.05) is 12.8 Å². The first-order valence-electron chi connectivity index (χ1n) is 9.14. The van der Waals surface area contributed by atoms with Crippen molar-refractivity contribution in [2.45, 2.75) is 50.2 Å². The Balaban J connectivity index is 2.03. The Morgan fingerprint density at radius 2 is 1.93 bits per heavy atom. The molecular weight excluding hydrogens is 358 g/mol. The zero-order chi connectivity index (χ0) is 19.9. The Hall–Kier alpha value is -1.98. The van der Waals surface area contributed by atoms with E-state index in [2.05, 4.69) is 43.4 Å². The number of ether oxygens (including phenoxy) is 1. The van der Waals surface area contributed by atoms with E-state index in [1.165, 1.54) is 24.2 Å². The summed E-state index contributed by atoms with van der Waals surface area (Å²) in [6.45, 7) is 6.25. The predicted molar refractivity (Wildman–Crippen MR) is 111 cm³/mol. The van der Waals surface area contributed by atoms with E-state index in [0.29, 0.717) is 6.54 Å². The molecule has 1 atom stereocenters. The molecule has 0 heterocycles. The number of rotatable bonds is 9. The third-order valence-electron chi connectivity index (χ3n) is 4.53. The highest BCUT2D eigenvalue weighted by Crippen LogP contribution is 2.30. The summed E-state index contributed by atoms with van der Waals surface area (Å²) in [4.78, 5) is 12.4. The van der Waals surface area contributed by atoms with Crippen LogP contribution in [0.15, 0.2) is 53.4 Å². The van der Waals surface area contributed by atoms with Crippen LogP contribution in [0.1, 0.15) is 44.4 Å². The first-order chi connectivity index (χ1) is 12.8. The van der Waals surface area contributed by atoms with Gasteiger partial charge in [-0.05, 0) is 56.2 Å². The van der Waals surface area contributed by atoms with Gasteiger partial charge in [-0.1, -0.05) is 36.4 Å². The number of nitrogens with one attached hydrogen (secondary N) is 1. The summed E-state index contributed by atoms with van der Waals surface area (Å²) in [6.07, 6.45) is 3.46. The summed E-state index contributed by atoms with van der Waals surface area (Å²) in [5.74, 6) is -0.0772. The molecule has 0 aliphatic rings. The Morgan fingerprint density at radius 1 is 1.22 bits per heavy atom. The Kier molecular flexibility index (Phi) is 7.75. The smallest absolute Gasteiger partial charge is 0.303 e. The van der Waals surface area contributed by atoms with Gasteiger partial charge in [0.25, 0.3) is 0 Å². The van der Waals surface area contributed by atoms with Crippen LogP contribution in [0.3, 0.4) is 0 Å². The van der Waals surface area contributed by atoms with Gasteiger partial charge in [-0.25, -0.2) is 0 Å². The number of hydrogen-bond acceptors (Lipinski definition) is 5. The van der Waals surface area contributed by atoms with E-state index in [0.717, 1.165) is 23.3 Å². The van der Waals surface area contributed by atoms with Crippen LogP contribution in [0.4, 0.5) is 0 Å². The molecule has 2 aromatic carbocycles. The zero-order valence-electron chi connectivity index (χ0n) is 16.5. The van der Waals surface area contributed by atoms with Gasteiger partial charge in [0, 0.05) is 23.9 Å². The molecule has 0 aliphatic heterocycles. The van der Waals surface area contributed by atoms with E-state index in [4.69, 9.17) is 4.74 Å². The molecule has 146 valence electrons. The van der Waals surface area contributed by atoms with Crippen molar-refractivity contribution in [1.29, 1.82) is 0 Å². The summed E-state index contributed by atoms with van der Waals surface area (Å²) < 4.78 is 5.54. The number of carbonyl (C=O) groups excluding carboxylic acids is 1. The number of benzene rings is 2. The van der Waals surface area contributed by atoms with Crippen LogP contribution in [-0.2, 0) is 16.0 Å². The van der Waals surface area contributed by atoms with E-state index < -0.39 is 6.10 Å². The van der Waals surface area contributed by atoms with Crippen molar-refractivity contribution in [2.24, 2.45) is 0 Å². The van der Waals surface area contributed by atoms with E-state index in [1.807, 2.05) is 18.4 Å². The molecular formula is C22H29NO3S. The topological polar surface area (TPSA) is 58.6 Å². The lowest BCUT2D eigenvalue weighted by Gasteiger charge is -2.29. The first-order valence-corrected chi connectivity index (χ1v) is 10.4. The van der Waals surface area contributed by atoms with Crippen molar-refractivity contribution in [1.82, 2.24) is 5.32 Å². The summed E-state index contributed by atoms with van der Waals surface area (Å²) in [5, 5.41) is 13.4. The second-order valence-corrected chi connectivity index (χ2v) is 8.13. The lowest BCUT2D eigenvalue weighted by Crippen LogP contribution is -2.42. The summed E-state index contributed by atoms with van der Waals surface area (Å²) in [6, 6.07) is 15.8. The van der Waals surface area contributed by atoms with Gasteiger partial charge < -0.3 is 15.2 Å². The minimum absolute atomic E-state index is 0.104. The van der Waals surface area contributed by atoms with Gasteiger partial charge in [0.05, 0.1) is 0 Å². The number of esters is 1. The third kappa shape index (κ3) is 6.92. The number of carbonyl (C=O) groups is 1. The van der Waals surface area contributed by atoms with Gasteiger partial charge in [-0.15, -0.1) is 11.8 Å². The molecule has 0 amide bonds. The third-order valence-corrected chi connectivity index (χ3v) is 5.30. The standard InChI is InChI=1S/C22H29NO3S/c1-16(24)26-20(18-10-11-19(25)21(14-18)27-4)15-23-22(2,3)13-12-17-8-6-5-7-9-17/h5-11,14,20,23,25H,12-13,15H2,1-4H3. The molecule has 1 unspecified atom stereocenters. The van der Waals surface area contributed by atoms with Crippen LogP contribution in [-0.4, -0.2) is 29.4 Å². The van der Waals surface area contributed by atoms with Crippen LogP contribution in [0, 0.1) is 0 Å². The predicted octanol–water partition coefficient (Wildman–Crippen LogP) is 4.72. The molecule has 0 aromatic heterocycles. The highest BCUT2D eigenvalue weighted by Gasteiger charge is 2.22. The van der Waals surface area contributed by atoms with Gasteiger partial charge in [-0.2, -0.15) is 0 Å². The Labute approximate surface area is 166 Å². The van der Waals surface area contributed by atoms with Gasteiger partial charge in [0.2, 0.25) is 0 Å². The zero-order valence-corrected chi connectivity index (χ0v) is 17.3. The van der Waals surface area contributed by atoms with Crippen molar-refractivity contribution >= 4 is 17.7 Å². The average Bonchev–Trinajstić information content (AvgIpc) is 2.65. The molecule has 0 spiro atoms. The molecule has 0 saturated heterocycles. The lowest BCUT2D eigenvalue weighted by molar-refractivity contribution is -0.146. The van der Waals surface area contributed by atoms with E-state index in [-0.39, 0.29) is 17.3 Å². The fraction of sp³-hybridized carbons (Fsp3) is 0.409. The van der Waals surface area contributed by atoms with Gasteiger partial charge in [-0.3, -0.25) is 4.79 Å². The Bertz CT molecular complexity index is 746. The fourth-order valence-electron chi connectivity index (χ4n) is 2.88. The van der Waals surface area contributed by atoms with Crippen LogP contribution in [0.5, 0.6) is 5.75 Å². The maximum atomic E-state index is 11.6. The molecule has 27 heavy (non-hydrogen) atoms. The molecule has 0 radical (unpaired) electrons. The van der Waals surface area contributed by atoms with Gasteiger partial charge in [0.1, 0.15) is 11.9 Å². The minimum Gasteiger partial charge on any atom is -0.507 e. The second-order valence-electron chi connectivity index (χ2n) is 7.28. The molecule has 5 heteroatoms. The van der Waals surface area contributed by atoms with E-state index in [9.17, 15) is 9.90 Å². The maximum absolute atomic E-state index is 11.6. The van der Waals surface area contributed by atoms with Crippen LogP contribution >= 0.6 is 11.8 Å². The normalized spacial score (nSPS) is 12.6. The highest BCUT2D eigenvalue weighted by atomic mass is 32.2. The largest absolute Gasteiger partial charge is 0.507 e. The molecule has 0 fully saturated rings. The molecule has 0 bridgehead atoms. The maximum Gasteiger partial charge on any atom is 0.303 e. The number of thioether (sulfide) groups is 1. The lowest BCUT2D eigenvalue weighted by atomic mass is 9.94. The first kappa shape index (κ1) is 21.3. The molecule has 2 rings (SSSR count). The van der Waals surface area contributed by atoms with Crippen LogP contribution in [0.25, 0.3) is 0 Å². The van der Waals surface area contributed by atoms with Crippen molar-refractivity contribution in [3.8, 4) is 5.75 Å². The number of hydrogen-bond donors (Lipinski definition) is 2. The van der Waals surface area contributed by atoms with Crippen molar-refractivity contribution in [3.63, 3.8) is 0 Å². The SMILES string of the molecule is CSc1cc(C(CNC(C)(C)CCc2ccccc2)OC(C)=O)ccc1O. The quantitative estimate of drug-likeness (QED) is 0.482. The number of phenolic OH excluding ortho intramolecular Hbond substituents is 1. The summed E-state index contributed by atoms with van der Waals surface area (Å²) >= 11 is 1.46. The molecule has 2 N–H and O–H groups in total. The summed E-state index contributed by atoms with van der Waals surface area (Å²) in [7, 11) is 0. The summed E-state index contributed by atoms with van der Waals surface area (Å²) in [5.41, 5.74) is 2.08. The van der Waals surface area contributed by atoms with Crippen LogP contribution < -0.4 is 5.32 Å². The van der Waals surface area contributed by atoms with Crippen LogP contribution in [0.2, 0.25) is 0 Å². The van der Waals surface area contributed by atoms with Gasteiger partial charge >= 0.3 is 5.97 Å². The minimum atomic E-state index is -0.398. The highest BCUT2D eigenvalue weighted by molar-refractivity contribution is 7.98. The molecule has 0 aliphatic carbocycles. The van der Waals surface area contributed by atoms with Gasteiger partial charge in [0.15, 0.2) is 0 Å². The van der Waals surface area contributed by atoms with Crippen molar-refractivity contribution < 1.29 is 14.6 Å². The molecule has 2 aromatic rings. The number of phenols is 1.